The number of benzene rings is 2. The first-order chi connectivity index (χ1) is 12.4. The topological polar surface area (TPSA) is 70.7 Å². The van der Waals surface area contributed by atoms with Crippen LogP contribution in [0.4, 0.5) is 11.4 Å². The normalized spacial score (nSPS) is 10.3. The lowest BCUT2D eigenvalue weighted by molar-refractivity contribution is 0.0936. The molecule has 0 aliphatic carbocycles. The fourth-order valence-electron chi connectivity index (χ4n) is 2.35. The van der Waals surface area contributed by atoms with Gasteiger partial charge >= 0.3 is 0 Å². The number of nitrogens with one attached hydrogen (secondary N) is 2. The first kappa shape index (κ1) is 19.9. The lowest BCUT2D eigenvalue weighted by Crippen LogP contribution is -2.28. The maximum absolute atomic E-state index is 12.5. The first-order valence-corrected chi connectivity index (χ1v) is 8.87. The Hall–Kier alpha value is -2.38. The molecule has 0 aliphatic rings. The van der Waals surface area contributed by atoms with Crippen LogP contribution in [0.2, 0.25) is 0 Å². The van der Waals surface area contributed by atoms with Crippen molar-refractivity contribution < 1.29 is 14.3 Å². The highest BCUT2D eigenvalue weighted by atomic mass is 79.9. The molecule has 2 aromatic rings. The molecule has 2 aromatic carbocycles. The quantitative estimate of drug-likeness (QED) is 0.676. The van der Waals surface area contributed by atoms with Gasteiger partial charge in [-0.05, 0) is 42.5 Å². The molecule has 138 valence electrons. The van der Waals surface area contributed by atoms with Crippen LogP contribution in [0.15, 0.2) is 46.9 Å². The van der Waals surface area contributed by atoms with Crippen LogP contribution in [0.1, 0.15) is 20.7 Å². The van der Waals surface area contributed by atoms with E-state index in [0.717, 1.165) is 10.2 Å². The van der Waals surface area contributed by atoms with Crippen LogP contribution in [0.3, 0.4) is 0 Å². The number of hydrogen-bond donors (Lipinski definition) is 2. The van der Waals surface area contributed by atoms with Gasteiger partial charge in [0.25, 0.3) is 11.8 Å². The van der Waals surface area contributed by atoms with E-state index in [1.165, 1.54) is 0 Å². The summed E-state index contributed by atoms with van der Waals surface area (Å²) in [7, 11) is 5.30. The third-order valence-electron chi connectivity index (χ3n) is 3.68. The summed E-state index contributed by atoms with van der Waals surface area (Å²) < 4.78 is 5.86. The molecular weight excluding hydrogens is 398 g/mol. The van der Waals surface area contributed by atoms with Gasteiger partial charge in [0.05, 0.1) is 12.2 Å². The molecule has 0 fully saturated rings. The zero-order chi connectivity index (χ0) is 19.1. The number of methoxy groups -OCH3 is 1. The molecule has 2 N–H and O–H groups in total. The molecule has 6 nitrogen and oxygen atoms in total. The molecule has 0 heterocycles. The molecule has 0 aromatic heterocycles. The van der Waals surface area contributed by atoms with Gasteiger partial charge < -0.3 is 20.3 Å². The molecule has 2 rings (SSSR count). The van der Waals surface area contributed by atoms with E-state index in [4.69, 9.17) is 4.74 Å². The summed E-state index contributed by atoms with van der Waals surface area (Å²) in [6, 6.07) is 12.3. The summed E-state index contributed by atoms with van der Waals surface area (Å²) in [5.41, 5.74) is 2.35. The average molecular weight is 420 g/mol. The Labute approximate surface area is 161 Å². The standard InChI is InChI=1S/C19H22BrN3O3/c1-23(2)17-9-8-15(12-16(17)19(25)21-10-11-26-3)22-18(24)13-4-6-14(20)7-5-13/h4-9,12H,10-11H2,1-3H3,(H,21,25)(H,22,24). The van der Waals surface area contributed by atoms with Crippen LogP contribution in [-0.4, -0.2) is 46.2 Å². The average Bonchev–Trinajstić information content (AvgIpc) is 2.62. The van der Waals surface area contributed by atoms with Gasteiger partial charge in [-0.2, -0.15) is 0 Å². The summed E-state index contributed by atoms with van der Waals surface area (Å²) in [6.45, 7) is 0.848. The molecule has 0 saturated heterocycles. The molecule has 2 amide bonds. The fourth-order valence-corrected chi connectivity index (χ4v) is 2.62. The predicted molar refractivity (Wildman–Crippen MR) is 107 cm³/mol. The largest absolute Gasteiger partial charge is 0.383 e. The van der Waals surface area contributed by atoms with Crippen molar-refractivity contribution in [2.24, 2.45) is 0 Å². The van der Waals surface area contributed by atoms with Gasteiger partial charge in [-0.15, -0.1) is 0 Å². The minimum atomic E-state index is -0.235. The highest BCUT2D eigenvalue weighted by Gasteiger charge is 2.15. The first-order valence-electron chi connectivity index (χ1n) is 8.08. The van der Waals surface area contributed by atoms with E-state index >= 15 is 0 Å². The van der Waals surface area contributed by atoms with Crippen molar-refractivity contribution in [1.29, 1.82) is 0 Å². The van der Waals surface area contributed by atoms with E-state index in [-0.39, 0.29) is 11.8 Å². The van der Waals surface area contributed by atoms with Crippen LogP contribution in [0, 0.1) is 0 Å². The van der Waals surface area contributed by atoms with E-state index in [1.54, 1.807) is 43.5 Å². The minimum absolute atomic E-state index is 0.217. The van der Waals surface area contributed by atoms with Gasteiger partial charge in [-0.25, -0.2) is 0 Å². The van der Waals surface area contributed by atoms with Crippen molar-refractivity contribution in [1.82, 2.24) is 5.32 Å². The number of rotatable bonds is 7. The zero-order valence-corrected chi connectivity index (χ0v) is 16.6. The number of amides is 2. The van der Waals surface area contributed by atoms with Gasteiger partial charge in [-0.3, -0.25) is 9.59 Å². The number of nitrogens with zero attached hydrogens (tertiary/aromatic N) is 1. The monoisotopic (exact) mass is 419 g/mol. The van der Waals surface area contributed by atoms with Gasteiger partial charge in [0.2, 0.25) is 0 Å². The highest BCUT2D eigenvalue weighted by Crippen LogP contribution is 2.23. The van der Waals surface area contributed by atoms with Crippen molar-refractivity contribution in [3.05, 3.63) is 58.1 Å². The Balaban J connectivity index is 2.21. The number of carbonyl (C=O) groups excluding carboxylic acids is 2. The molecule has 0 unspecified atom stereocenters. The Morgan fingerprint density at radius 2 is 1.77 bits per heavy atom. The van der Waals surface area contributed by atoms with Crippen molar-refractivity contribution in [3.8, 4) is 0 Å². The molecule has 0 saturated carbocycles. The lowest BCUT2D eigenvalue weighted by atomic mass is 10.1. The van der Waals surface area contributed by atoms with Crippen molar-refractivity contribution in [2.75, 3.05) is 44.6 Å². The molecule has 0 spiro atoms. The number of halogens is 1. The predicted octanol–water partition coefficient (Wildman–Crippen LogP) is 3.14. The molecular formula is C19H22BrN3O3. The van der Waals surface area contributed by atoms with Gasteiger partial charge in [0, 0.05) is 49.2 Å². The number of anilines is 2. The highest BCUT2D eigenvalue weighted by molar-refractivity contribution is 9.10. The summed E-state index contributed by atoms with van der Waals surface area (Å²) in [5.74, 6) is -0.452. The third-order valence-corrected chi connectivity index (χ3v) is 4.21. The Morgan fingerprint density at radius 1 is 1.08 bits per heavy atom. The SMILES string of the molecule is COCCNC(=O)c1cc(NC(=O)c2ccc(Br)cc2)ccc1N(C)C. The van der Waals surface area contributed by atoms with Gasteiger partial charge in [-0.1, -0.05) is 15.9 Å². The smallest absolute Gasteiger partial charge is 0.255 e. The molecule has 0 bridgehead atoms. The molecule has 0 radical (unpaired) electrons. The van der Waals surface area contributed by atoms with Crippen LogP contribution < -0.4 is 15.5 Å². The van der Waals surface area contributed by atoms with Gasteiger partial charge in [0.1, 0.15) is 0 Å². The molecule has 26 heavy (non-hydrogen) atoms. The third kappa shape index (κ3) is 5.31. The van der Waals surface area contributed by atoms with Crippen LogP contribution in [0.25, 0.3) is 0 Å². The van der Waals surface area contributed by atoms with Crippen molar-refractivity contribution in [2.45, 2.75) is 0 Å². The maximum Gasteiger partial charge on any atom is 0.255 e. The van der Waals surface area contributed by atoms with E-state index in [1.807, 2.05) is 25.1 Å². The lowest BCUT2D eigenvalue weighted by Gasteiger charge is -2.18. The summed E-state index contributed by atoms with van der Waals surface area (Å²) >= 11 is 3.34. The number of hydrogen-bond acceptors (Lipinski definition) is 4. The maximum atomic E-state index is 12.5. The van der Waals surface area contributed by atoms with E-state index in [0.29, 0.717) is 30.0 Å². The Morgan fingerprint density at radius 3 is 2.38 bits per heavy atom. The van der Waals surface area contributed by atoms with Crippen LogP contribution >= 0.6 is 15.9 Å². The van der Waals surface area contributed by atoms with E-state index < -0.39 is 0 Å². The van der Waals surface area contributed by atoms with Crippen molar-refractivity contribution >= 4 is 39.1 Å². The van der Waals surface area contributed by atoms with Gasteiger partial charge in [0.15, 0.2) is 0 Å². The molecule has 7 heteroatoms. The molecule has 0 atom stereocenters. The Bertz CT molecular complexity index is 776. The second kappa shape index (κ2) is 9.35. The van der Waals surface area contributed by atoms with E-state index in [9.17, 15) is 9.59 Å². The summed E-state index contributed by atoms with van der Waals surface area (Å²) in [4.78, 5) is 26.7. The van der Waals surface area contributed by atoms with Crippen molar-refractivity contribution in [3.63, 3.8) is 0 Å². The molecule has 0 aliphatic heterocycles. The Kier molecular flexibility index (Phi) is 7.17. The second-order valence-corrected chi connectivity index (χ2v) is 6.75. The fraction of sp³-hybridized carbons (Fsp3) is 0.263. The van der Waals surface area contributed by atoms with E-state index in [2.05, 4.69) is 26.6 Å². The minimum Gasteiger partial charge on any atom is -0.383 e. The second-order valence-electron chi connectivity index (χ2n) is 5.84. The van der Waals surface area contributed by atoms with Crippen LogP contribution in [-0.2, 0) is 4.74 Å². The summed E-state index contributed by atoms with van der Waals surface area (Å²) in [5, 5.41) is 5.63. The van der Waals surface area contributed by atoms with Crippen LogP contribution in [0.5, 0.6) is 0 Å². The number of ether oxygens (including phenoxy) is 1. The number of carbonyl (C=O) groups is 2. The summed E-state index contributed by atoms with van der Waals surface area (Å²) in [6.07, 6.45) is 0. The zero-order valence-electron chi connectivity index (χ0n) is 15.0.